The van der Waals surface area contributed by atoms with Crippen LogP contribution in [0.15, 0.2) is 78.9 Å². The number of aliphatic hydroxyl groups is 1. The van der Waals surface area contributed by atoms with E-state index < -0.39 is 11.9 Å². The number of aliphatic hydroxyl groups excluding tert-OH is 1. The second kappa shape index (κ2) is 15.8. The van der Waals surface area contributed by atoms with Gasteiger partial charge in [-0.3, -0.25) is 14.5 Å². The lowest BCUT2D eigenvalue weighted by Gasteiger charge is -2.32. The Bertz CT molecular complexity index is 1220. The Morgan fingerprint density at radius 1 is 0.951 bits per heavy atom. The normalized spacial score (nSPS) is 14.8. The van der Waals surface area contributed by atoms with Gasteiger partial charge in [-0.05, 0) is 66.9 Å². The third-order valence-electron chi connectivity index (χ3n) is 6.72. The van der Waals surface area contributed by atoms with Crippen LogP contribution in [0.2, 0.25) is 0 Å². The number of halogens is 1. The van der Waals surface area contributed by atoms with Crippen LogP contribution < -0.4 is 20.7 Å². The molecule has 0 radical (unpaired) electrons. The summed E-state index contributed by atoms with van der Waals surface area (Å²) in [5.74, 6) is 0.0258. The van der Waals surface area contributed by atoms with E-state index in [1.165, 1.54) is 24.3 Å². The van der Waals surface area contributed by atoms with Crippen molar-refractivity contribution in [3.05, 3.63) is 90.2 Å². The minimum atomic E-state index is -0.898. The van der Waals surface area contributed by atoms with Crippen molar-refractivity contribution in [1.82, 2.24) is 15.5 Å². The molecule has 0 unspecified atom stereocenters. The van der Waals surface area contributed by atoms with Crippen molar-refractivity contribution in [3.8, 4) is 11.5 Å². The first-order chi connectivity index (χ1) is 20.0. The minimum Gasteiger partial charge on any atom is -0.457 e. The van der Waals surface area contributed by atoms with Crippen LogP contribution >= 0.6 is 0 Å². The maximum atomic E-state index is 13.2. The van der Waals surface area contributed by atoms with E-state index in [0.29, 0.717) is 36.4 Å². The maximum Gasteiger partial charge on any atom is 0.249 e. The first-order valence-electron chi connectivity index (χ1n) is 13.8. The first kappa shape index (κ1) is 30.1. The summed E-state index contributed by atoms with van der Waals surface area (Å²) >= 11 is 0. The predicted octanol–water partition coefficient (Wildman–Crippen LogP) is 3.30. The molecule has 1 fully saturated rings. The van der Waals surface area contributed by atoms with Gasteiger partial charge >= 0.3 is 0 Å². The van der Waals surface area contributed by atoms with Crippen LogP contribution in [0.3, 0.4) is 0 Å². The summed E-state index contributed by atoms with van der Waals surface area (Å²) < 4.78 is 24.7. The average Bonchev–Trinajstić information content (AvgIpc) is 2.99. The molecule has 3 aromatic carbocycles. The van der Waals surface area contributed by atoms with Crippen LogP contribution in [0.4, 0.5) is 10.1 Å². The fourth-order valence-corrected chi connectivity index (χ4v) is 4.53. The Balaban J connectivity index is 1.32. The van der Waals surface area contributed by atoms with Crippen LogP contribution in [0.25, 0.3) is 0 Å². The lowest BCUT2D eigenvalue weighted by atomic mass is 10.1. The number of nitrogens with one attached hydrogen (secondary N) is 3. The molecule has 1 saturated heterocycles. The van der Waals surface area contributed by atoms with Crippen LogP contribution in [-0.2, 0) is 20.9 Å². The molecule has 1 aliphatic rings. The highest BCUT2D eigenvalue weighted by Crippen LogP contribution is 2.23. The molecule has 9 nitrogen and oxygen atoms in total. The molecular weight excluding hydrogens is 527 g/mol. The molecule has 0 aromatic heterocycles. The number of rotatable bonds is 14. The summed E-state index contributed by atoms with van der Waals surface area (Å²) in [6.45, 7) is 2.68. The molecule has 1 atom stereocenters. The fourth-order valence-electron chi connectivity index (χ4n) is 4.53. The first-order valence-corrected chi connectivity index (χ1v) is 13.8. The number of amides is 2. The molecule has 0 saturated carbocycles. The fraction of sp³-hybridized carbons (Fsp3) is 0.355. The zero-order valence-corrected chi connectivity index (χ0v) is 22.9. The number of hydrogen-bond acceptors (Lipinski definition) is 7. The smallest absolute Gasteiger partial charge is 0.249 e. The molecule has 2 amide bonds. The van der Waals surface area contributed by atoms with Gasteiger partial charge in [0.2, 0.25) is 11.8 Å². The molecule has 218 valence electrons. The zero-order chi connectivity index (χ0) is 28.9. The zero-order valence-electron chi connectivity index (χ0n) is 22.9. The van der Waals surface area contributed by atoms with Gasteiger partial charge in [-0.25, -0.2) is 4.39 Å². The number of piperidine rings is 1. The van der Waals surface area contributed by atoms with Crippen molar-refractivity contribution in [2.45, 2.75) is 31.5 Å². The number of carbonyl (C=O) groups excluding carboxylic acids is 2. The van der Waals surface area contributed by atoms with E-state index in [1.54, 1.807) is 24.3 Å². The van der Waals surface area contributed by atoms with Crippen molar-refractivity contribution in [2.75, 3.05) is 44.7 Å². The van der Waals surface area contributed by atoms with Crippen molar-refractivity contribution in [3.63, 3.8) is 0 Å². The van der Waals surface area contributed by atoms with Crippen LogP contribution in [-0.4, -0.2) is 73.3 Å². The molecular formula is C31H37FN4O5. The second-order valence-electron chi connectivity index (χ2n) is 9.92. The van der Waals surface area contributed by atoms with E-state index in [0.717, 1.165) is 31.5 Å². The van der Waals surface area contributed by atoms with E-state index in [1.807, 2.05) is 30.3 Å². The van der Waals surface area contributed by atoms with Gasteiger partial charge in [0.25, 0.3) is 0 Å². The van der Waals surface area contributed by atoms with E-state index in [-0.39, 0.29) is 31.5 Å². The quantitative estimate of drug-likeness (QED) is 0.238. The summed E-state index contributed by atoms with van der Waals surface area (Å²) in [4.78, 5) is 28.2. The van der Waals surface area contributed by atoms with Gasteiger partial charge in [0.1, 0.15) is 23.4 Å². The van der Waals surface area contributed by atoms with Crippen molar-refractivity contribution >= 4 is 17.5 Å². The predicted molar refractivity (Wildman–Crippen MR) is 154 cm³/mol. The third-order valence-corrected chi connectivity index (χ3v) is 6.72. The molecule has 4 rings (SSSR count). The monoisotopic (exact) mass is 564 g/mol. The third kappa shape index (κ3) is 10.3. The lowest BCUT2D eigenvalue weighted by Crippen LogP contribution is -2.51. The van der Waals surface area contributed by atoms with Gasteiger partial charge in [-0.15, -0.1) is 0 Å². The number of anilines is 1. The largest absolute Gasteiger partial charge is 0.457 e. The highest BCUT2D eigenvalue weighted by atomic mass is 19.1. The number of nitrogens with zero attached hydrogens (tertiary/aromatic N) is 1. The Hall–Kier alpha value is -3.83. The topological polar surface area (TPSA) is 112 Å². The Labute approximate surface area is 239 Å². The summed E-state index contributed by atoms with van der Waals surface area (Å²) in [7, 11) is 0. The van der Waals surface area contributed by atoms with E-state index in [4.69, 9.17) is 14.6 Å². The van der Waals surface area contributed by atoms with Gasteiger partial charge in [0, 0.05) is 31.4 Å². The van der Waals surface area contributed by atoms with E-state index in [9.17, 15) is 14.0 Å². The molecule has 41 heavy (non-hydrogen) atoms. The standard InChI is InChI=1S/C31H37FN4O5/c32-24-6-10-27(11-7-24)41-28-12-8-26(9-13-28)34-31(39)29(22-40-21-23-4-2-1-3-5-23)35-30(38)20-36-17-14-25(15-18-36)33-16-19-37/h1-13,25,29,33,37H,14-22H2,(H,34,39)(H,35,38)/t29-/m0/s1. The number of likely N-dealkylation sites (tertiary alicyclic amines) is 1. The highest BCUT2D eigenvalue weighted by molar-refractivity contribution is 5.97. The lowest BCUT2D eigenvalue weighted by molar-refractivity contribution is -0.128. The Morgan fingerprint density at radius 2 is 1.61 bits per heavy atom. The molecule has 1 aliphatic heterocycles. The SMILES string of the molecule is O=C(CN1CCC(NCCO)CC1)N[C@@H](COCc1ccccc1)C(=O)Nc1ccc(Oc2ccc(F)cc2)cc1. The van der Waals surface area contributed by atoms with Crippen molar-refractivity contribution < 1.29 is 28.6 Å². The molecule has 4 N–H and O–H groups in total. The number of ether oxygens (including phenoxy) is 2. The summed E-state index contributed by atoms with van der Waals surface area (Å²) in [6, 6.07) is 21.5. The summed E-state index contributed by atoms with van der Waals surface area (Å²) in [5, 5.41) is 18.0. The molecule has 0 aliphatic carbocycles. The second-order valence-corrected chi connectivity index (χ2v) is 9.92. The molecule has 3 aromatic rings. The van der Waals surface area contributed by atoms with E-state index >= 15 is 0 Å². The van der Waals surface area contributed by atoms with Crippen LogP contribution in [0.5, 0.6) is 11.5 Å². The average molecular weight is 565 g/mol. The van der Waals surface area contributed by atoms with Gasteiger partial charge < -0.3 is 30.5 Å². The number of hydrogen-bond donors (Lipinski definition) is 4. The van der Waals surface area contributed by atoms with Gasteiger partial charge in [-0.1, -0.05) is 30.3 Å². The summed E-state index contributed by atoms with van der Waals surface area (Å²) in [5.41, 5.74) is 1.49. The Morgan fingerprint density at radius 3 is 2.27 bits per heavy atom. The minimum absolute atomic E-state index is 0.00534. The van der Waals surface area contributed by atoms with Crippen LogP contribution in [0.1, 0.15) is 18.4 Å². The molecule has 10 heteroatoms. The molecule has 1 heterocycles. The number of carbonyl (C=O) groups is 2. The van der Waals surface area contributed by atoms with Crippen molar-refractivity contribution in [1.29, 1.82) is 0 Å². The molecule has 0 bridgehead atoms. The van der Waals surface area contributed by atoms with Crippen LogP contribution in [0, 0.1) is 5.82 Å². The Kier molecular flexibility index (Phi) is 11.6. The summed E-state index contributed by atoms with van der Waals surface area (Å²) in [6.07, 6.45) is 1.77. The van der Waals surface area contributed by atoms with Gasteiger partial charge in [-0.2, -0.15) is 0 Å². The number of benzene rings is 3. The maximum absolute atomic E-state index is 13.2. The van der Waals surface area contributed by atoms with Crippen molar-refractivity contribution in [2.24, 2.45) is 0 Å². The molecule has 0 spiro atoms. The van der Waals surface area contributed by atoms with Gasteiger partial charge in [0.15, 0.2) is 0 Å². The van der Waals surface area contributed by atoms with E-state index in [2.05, 4.69) is 20.9 Å². The van der Waals surface area contributed by atoms with Gasteiger partial charge in [0.05, 0.1) is 26.4 Å². The highest BCUT2D eigenvalue weighted by Gasteiger charge is 2.25.